The third kappa shape index (κ3) is 2.30. The van der Waals surface area contributed by atoms with Crippen molar-refractivity contribution in [2.75, 3.05) is 0 Å². The lowest BCUT2D eigenvalue weighted by atomic mass is 10.1. The van der Waals surface area contributed by atoms with Gasteiger partial charge in [-0.15, -0.1) is 0 Å². The van der Waals surface area contributed by atoms with Crippen molar-refractivity contribution in [1.29, 1.82) is 0 Å². The zero-order chi connectivity index (χ0) is 13.6. The predicted molar refractivity (Wildman–Crippen MR) is 73.3 cm³/mol. The van der Waals surface area contributed by atoms with E-state index in [1.54, 1.807) is 0 Å². The molecule has 0 unspecified atom stereocenters. The second-order valence-corrected chi connectivity index (χ2v) is 5.63. The zero-order valence-corrected chi connectivity index (χ0v) is 11.9. The first-order chi connectivity index (χ1) is 9.06. The lowest BCUT2D eigenvalue weighted by molar-refractivity contribution is 0.0661. The molecule has 0 atom stereocenters. The number of benzene rings is 1. The molecule has 3 rings (SSSR count). The molecule has 0 radical (unpaired) electrons. The minimum absolute atomic E-state index is 0.0193. The van der Waals surface area contributed by atoms with E-state index in [2.05, 4.69) is 20.9 Å². The van der Waals surface area contributed by atoms with Crippen molar-refractivity contribution in [1.82, 2.24) is 4.98 Å². The number of halogens is 1. The average molecular weight is 322 g/mol. The fourth-order valence-electron chi connectivity index (χ4n) is 1.97. The van der Waals surface area contributed by atoms with Crippen LogP contribution in [-0.4, -0.2) is 16.1 Å². The van der Waals surface area contributed by atoms with E-state index in [0.29, 0.717) is 11.6 Å². The smallest absolute Gasteiger partial charge is 0.373 e. The Labute approximate surface area is 118 Å². The van der Waals surface area contributed by atoms with Crippen molar-refractivity contribution in [3.05, 3.63) is 39.7 Å². The van der Waals surface area contributed by atoms with Crippen LogP contribution in [0.4, 0.5) is 0 Å². The summed E-state index contributed by atoms with van der Waals surface area (Å²) >= 11 is 3.45. The van der Waals surface area contributed by atoms with E-state index in [4.69, 9.17) is 9.52 Å². The quantitative estimate of drug-likeness (QED) is 0.928. The molecule has 0 saturated heterocycles. The number of aromatic nitrogens is 1. The third-order valence-corrected chi connectivity index (χ3v) is 4.08. The van der Waals surface area contributed by atoms with E-state index in [9.17, 15) is 4.79 Å². The lowest BCUT2D eigenvalue weighted by Crippen LogP contribution is -1.98. The van der Waals surface area contributed by atoms with Crippen molar-refractivity contribution < 1.29 is 14.3 Å². The number of aryl methyl sites for hydroxylation is 1. The highest BCUT2D eigenvalue weighted by atomic mass is 79.9. The summed E-state index contributed by atoms with van der Waals surface area (Å²) in [6, 6.07) is 5.72. The van der Waals surface area contributed by atoms with Gasteiger partial charge in [0.25, 0.3) is 0 Å². The first-order valence-electron chi connectivity index (χ1n) is 6.07. The molecular weight excluding hydrogens is 310 g/mol. The molecule has 98 valence electrons. The van der Waals surface area contributed by atoms with Gasteiger partial charge in [0.1, 0.15) is 0 Å². The number of carbonyl (C=O) groups is 1. The van der Waals surface area contributed by atoms with Crippen LogP contribution in [0.25, 0.3) is 11.5 Å². The van der Waals surface area contributed by atoms with Gasteiger partial charge in [-0.2, -0.15) is 0 Å². The molecule has 0 spiro atoms. The van der Waals surface area contributed by atoms with E-state index in [1.807, 2.05) is 25.1 Å². The fourth-order valence-corrected chi connectivity index (χ4v) is 2.35. The lowest BCUT2D eigenvalue weighted by Gasteiger charge is -1.99. The Morgan fingerprint density at radius 2 is 2.21 bits per heavy atom. The molecule has 5 heteroatoms. The van der Waals surface area contributed by atoms with Gasteiger partial charge in [0, 0.05) is 16.0 Å². The van der Waals surface area contributed by atoms with Gasteiger partial charge in [0.2, 0.25) is 11.7 Å². The van der Waals surface area contributed by atoms with Crippen LogP contribution in [0, 0.1) is 6.92 Å². The highest BCUT2D eigenvalue weighted by Gasteiger charge is 2.33. The van der Waals surface area contributed by atoms with Crippen molar-refractivity contribution >= 4 is 21.9 Å². The maximum atomic E-state index is 11.2. The molecule has 1 aliphatic rings. The minimum Gasteiger partial charge on any atom is -0.475 e. The van der Waals surface area contributed by atoms with Crippen LogP contribution in [0.2, 0.25) is 0 Å². The monoisotopic (exact) mass is 321 g/mol. The summed E-state index contributed by atoms with van der Waals surface area (Å²) in [5.41, 5.74) is 2.47. The summed E-state index contributed by atoms with van der Waals surface area (Å²) in [4.78, 5) is 15.5. The van der Waals surface area contributed by atoms with Crippen LogP contribution < -0.4 is 0 Å². The summed E-state index contributed by atoms with van der Waals surface area (Å²) < 4.78 is 6.38. The molecule has 1 aromatic heterocycles. The average Bonchev–Trinajstić information content (AvgIpc) is 3.11. The van der Waals surface area contributed by atoms with Crippen LogP contribution in [0.3, 0.4) is 0 Å². The molecule has 19 heavy (non-hydrogen) atoms. The summed E-state index contributed by atoms with van der Waals surface area (Å²) in [5.74, 6) is -0.446. The normalized spacial score (nSPS) is 14.6. The van der Waals surface area contributed by atoms with Crippen LogP contribution in [0.5, 0.6) is 0 Å². The summed E-state index contributed by atoms with van der Waals surface area (Å²) in [7, 11) is 0. The topological polar surface area (TPSA) is 63.3 Å². The molecule has 2 aromatic rings. The Balaban J connectivity index is 2.07. The zero-order valence-electron chi connectivity index (χ0n) is 10.3. The van der Waals surface area contributed by atoms with E-state index in [1.165, 1.54) is 0 Å². The SMILES string of the molecule is Cc1ccc(-c2nc(C3CC3)c(C(=O)O)o2)cc1Br. The van der Waals surface area contributed by atoms with Crippen LogP contribution in [0.1, 0.15) is 40.6 Å². The largest absolute Gasteiger partial charge is 0.475 e. The number of nitrogens with zero attached hydrogens (tertiary/aromatic N) is 1. The van der Waals surface area contributed by atoms with Gasteiger partial charge >= 0.3 is 5.97 Å². The van der Waals surface area contributed by atoms with Gasteiger partial charge in [-0.05, 0) is 37.5 Å². The number of rotatable bonds is 3. The molecule has 0 aliphatic heterocycles. The van der Waals surface area contributed by atoms with Gasteiger partial charge in [-0.25, -0.2) is 9.78 Å². The van der Waals surface area contributed by atoms with Crippen LogP contribution >= 0.6 is 15.9 Å². The van der Waals surface area contributed by atoms with Crippen LogP contribution in [0.15, 0.2) is 27.1 Å². The molecule has 1 aliphatic carbocycles. The van der Waals surface area contributed by atoms with E-state index < -0.39 is 5.97 Å². The van der Waals surface area contributed by atoms with Crippen molar-refractivity contribution in [3.8, 4) is 11.5 Å². The van der Waals surface area contributed by atoms with E-state index in [0.717, 1.165) is 28.4 Å². The van der Waals surface area contributed by atoms with Gasteiger partial charge in [-0.1, -0.05) is 22.0 Å². The number of oxazole rings is 1. The summed E-state index contributed by atoms with van der Waals surface area (Å²) in [5, 5.41) is 9.16. The molecule has 0 amide bonds. The predicted octanol–water partition coefficient (Wildman–Crippen LogP) is 3.99. The fraction of sp³-hybridized carbons (Fsp3) is 0.286. The first-order valence-corrected chi connectivity index (χ1v) is 6.86. The van der Waals surface area contributed by atoms with Gasteiger partial charge in [0.05, 0.1) is 5.69 Å². The van der Waals surface area contributed by atoms with Crippen molar-refractivity contribution in [2.24, 2.45) is 0 Å². The van der Waals surface area contributed by atoms with Crippen molar-refractivity contribution in [3.63, 3.8) is 0 Å². The van der Waals surface area contributed by atoms with Crippen molar-refractivity contribution in [2.45, 2.75) is 25.7 Å². The Morgan fingerprint density at radius 3 is 2.79 bits per heavy atom. The first kappa shape index (κ1) is 12.4. The highest BCUT2D eigenvalue weighted by molar-refractivity contribution is 9.10. The van der Waals surface area contributed by atoms with Gasteiger partial charge in [-0.3, -0.25) is 0 Å². The Hall–Kier alpha value is -1.62. The number of aromatic carboxylic acids is 1. The maximum Gasteiger partial charge on any atom is 0.373 e. The molecule has 1 N–H and O–H groups in total. The Bertz CT molecular complexity index is 659. The number of carboxylic acid groups (broad SMARTS) is 1. The number of hydrogen-bond acceptors (Lipinski definition) is 3. The van der Waals surface area contributed by atoms with Crippen LogP contribution in [-0.2, 0) is 0 Å². The number of carboxylic acids is 1. The molecular formula is C14H12BrNO3. The van der Waals surface area contributed by atoms with E-state index >= 15 is 0 Å². The molecule has 4 nitrogen and oxygen atoms in total. The second-order valence-electron chi connectivity index (χ2n) is 4.78. The standard InChI is InChI=1S/C14H12BrNO3/c1-7-2-3-9(6-10(7)15)13-16-11(8-4-5-8)12(19-13)14(17)18/h2-3,6,8H,4-5H2,1H3,(H,17,18). The summed E-state index contributed by atoms with van der Waals surface area (Å²) in [6.45, 7) is 1.99. The minimum atomic E-state index is -1.05. The summed E-state index contributed by atoms with van der Waals surface area (Å²) in [6.07, 6.45) is 1.98. The third-order valence-electron chi connectivity index (χ3n) is 3.23. The molecule has 1 fully saturated rings. The number of hydrogen-bond donors (Lipinski definition) is 1. The molecule has 0 bridgehead atoms. The second kappa shape index (κ2) is 4.49. The Kier molecular flexibility index (Phi) is 2.93. The Morgan fingerprint density at radius 1 is 1.47 bits per heavy atom. The van der Waals surface area contributed by atoms with Gasteiger partial charge in [0.15, 0.2) is 0 Å². The molecule has 1 aromatic carbocycles. The van der Waals surface area contributed by atoms with Gasteiger partial charge < -0.3 is 9.52 Å². The molecule has 1 saturated carbocycles. The van der Waals surface area contributed by atoms with E-state index in [-0.39, 0.29) is 11.7 Å². The molecule has 1 heterocycles. The highest BCUT2D eigenvalue weighted by Crippen LogP contribution is 2.42. The maximum absolute atomic E-state index is 11.2.